The van der Waals surface area contributed by atoms with Crippen molar-refractivity contribution < 1.29 is 4.39 Å². The van der Waals surface area contributed by atoms with Crippen molar-refractivity contribution in [2.24, 2.45) is 5.92 Å². The van der Waals surface area contributed by atoms with Crippen molar-refractivity contribution in [2.45, 2.75) is 33.1 Å². The minimum Gasteiger partial charge on any atom is -0.316 e. The number of halogens is 2. The smallest absolute Gasteiger partial charge is 0.124 e. The van der Waals surface area contributed by atoms with Crippen LogP contribution in [0.25, 0.3) is 0 Å². The first kappa shape index (κ1) is 14.5. The van der Waals surface area contributed by atoms with E-state index in [1.54, 1.807) is 6.07 Å². The highest BCUT2D eigenvalue weighted by atomic mass is 35.5. The number of hydrogen-bond donors (Lipinski definition) is 1. The standard InChI is InChI=1S/C14H21ClFN/c1-11(2)10-17-8-4-3-5-12-6-7-13(16)9-14(12)15/h6-7,9,11,17H,3-5,8,10H2,1-2H3. The lowest BCUT2D eigenvalue weighted by Gasteiger charge is -2.07. The SMILES string of the molecule is CC(C)CNCCCCc1ccc(F)cc1Cl. The van der Waals surface area contributed by atoms with E-state index in [1.165, 1.54) is 12.1 Å². The molecule has 0 aromatic heterocycles. The summed E-state index contributed by atoms with van der Waals surface area (Å²) in [5.74, 6) is 0.430. The monoisotopic (exact) mass is 257 g/mol. The molecular weight excluding hydrogens is 237 g/mol. The summed E-state index contributed by atoms with van der Waals surface area (Å²) in [5, 5.41) is 3.94. The van der Waals surface area contributed by atoms with Crippen LogP contribution in [-0.2, 0) is 6.42 Å². The minimum absolute atomic E-state index is 0.266. The van der Waals surface area contributed by atoms with Crippen LogP contribution < -0.4 is 5.32 Å². The van der Waals surface area contributed by atoms with Crippen LogP contribution in [0.1, 0.15) is 32.3 Å². The van der Waals surface area contributed by atoms with Gasteiger partial charge in [-0.25, -0.2) is 4.39 Å². The maximum absolute atomic E-state index is 12.8. The highest BCUT2D eigenvalue weighted by Crippen LogP contribution is 2.18. The third kappa shape index (κ3) is 6.04. The molecule has 3 heteroatoms. The highest BCUT2D eigenvalue weighted by molar-refractivity contribution is 6.31. The van der Waals surface area contributed by atoms with E-state index >= 15 is 0 Å². The summed E-state index contributed by atoms with van der Waals surface area (Å²) < 4.78 is 12.8. The van der Waals surface area contributed by atoms with E-state index in [4.69, 9.17) is 11.6 Å². The van der Waals surface area contributed by atoms with Gasteiger partial charge in [-0.2, -0.15) is 0 Å². The van der Waals surface area contributed by atoms with Gasteiger partial charge < -0.3 is 5.32 Å². The van der Waals surface area contributed by atoms with Crippen molar-refractivity contribution in [3.8, 4) is 0 Å². The van der Waals surface area contributed by atoms with Gasteiger partial charge in [0, 0.05) is 5.02 Å². The Balaban J connectivity index is 2.18. The van der Waals surface area contributed by atoms with Gasteiger partial charge in [0.25, 0.3) is 0 Å². The molecule has 0 aliphatic rings. The molecule has 96 valence electrons. The largest absolute Gasteiger partial charge is 0.316 e. The van der Waals surface area contributed by atoms with Gasteiger partial charge in [-0.3, -0.25) is 0 Å². The van der Waals surface area contributed by atoms with Gasteiger partial charge in [-0.1, -0.05) is 31.5 Å². The van der Waals surface area contributed by atoms with Crippen LogP contribution >= 0.6 is 11.6 Å². The van der Waals surface area contributed by atoms with Gasteiger partial charge in [0.2, 0.25) is 0 Å². The maximum atomic E-state index is 12.8. The van der Waals surface area contributed by atoms with Crippen LogP contribution in [-0.4, -0.2) is 13.1 Å². The van der Waals surface area contributed by atoms with Crippen LogP contribution in [0.5, 0.6) is 0 Å². The minimum atomic E-state index is -0.266. The molecule has 0 unspecified atom stereocenters. The van der Waals surface area contributed by atoms with Gasteiger partial charge >= 0.3 is 0 Å². The predicted octanol–water partition coefficient (Wildman–Crippen LogP) is 4.05. The Morgan fingerprint density at radius 2 is 2.06 bits per heavy atom. The fourth-order valence-corrected chi connectivity index (χ4v) is 1.94. The summed E-state index contributed by atoms with van der Waals surface area (Å²) in [7, 11) is 0. The van der Waals surface area contributed by atoms with E-state index in [0.29, 0.717) is 10.9 Å². The summed E-state index contributed by atoms with van der Waals surface area (Å²) in [5.41, 5.74) is 1.04. The molecule has 0 spiro atoms. The Hall–Kier alpha value is -0.600. The van der Waals surface area contributed by atoms with Crippen molar-refractivity contribution in [1.82, 2.24) is 5.32 Å². The number of rotatable bonds is 7. The maximum Gasteiger partial charge on any atom is 0.124 e. The second-order valence-electron chi connectivity index (χ2n) is 4.79. The summed E-state index contributed by atoms with van der Waals surface area (Å²) in [6.45, 7) is 6.50. The quantitative estimate of drug-likeness (QED) is 0.727. The fraction of sp³-hybridized carbons (Fsp3) is 0.571. The second kappa shape index (κ2) is 7.67. The van der Waals surface area contributed by atoms with E-state index < -0.39 is 0 Å². The molecular formula is C14H21ClFN. The van der Waals surface area contributed by atoms with Gasteiger partial charge in [0.1, 0.15) is 5.82 Å². The van der Waals surface area contributed by atoms with Crippen molar-refractivity contribution in [3.05, 3.63) is 34.6 Å². The molecule has 0 saturated carbocycles. The molecule has 1 rings (SSSR count). The van der Waals surface area contributed by atoms with E-state index in [-0.39, 0.29) is 5.82 Å². The number of unbranched alkanes of at least 4 members (excludes halogenated alkanes) is 1. The van der Waals surface area contributed by atoms with E-state index in [9.17, 15) is 4.39 Å². The van der Waals surface area contributed by atoms with Crippen LogP contribution in [0.3, 0.4) is 0 Å². The molecule has 0 saturated heterocycles. The van der Waals surface area contributed by atoms with Gasteiger partial charge in [0.05, 0.1) is 0 Å². The number of nitrogens with one attached hydrogen (secondary N) is 1. The van der Waals surface area contributed by atoms with Crippen molar-refractivity contribution >= 4 is 11.6 Å². The van der Waals surface area contributed by atoms with Crippen molar-refractivity contribution in [1.29, 1.82) is 0 Å². The zero-order chi connectivity index (χ0) is 12.7. The van der Waals surface area contributed by atoms with Crippen LogP contribution in [0.2, 0.25) is 5.02 Å². The lowest BCUT2D eigenvalue weighted by molar-refractivity contribution is 0.535. The summed E-state index contributed by atoms with van der Waals surface area (Å²) in [6.07, 6.45) is 3.12. The summed E-state index contributed by atoms with van der Waals surface area (Å²) in [4.78, 5) is 0. The Kier molecular flexibility index (Phi) is 6.53. The first-order chi connectivity index (χ1) is 8.09. The molecule has 1 aromatic rings. The third-order valence-corrected chi connectivity index (χ3v) is 2.97. The molecule has 1 N–H and O–H groups in total. The number of aryl methyl sites for hydroxylation is 1. The summed E-state index contributed by atoms with van der Waals surface area (Å²) >= 11 is 5.96. The molecule has 17 heavy (non-hydrogen) atoms. The second-order valence-corrected chi connectivity index (χ2v) is 5.20. The molecule has 0 fully saturated rings. The number of benzene rings is 1. The molecule has 0 amide bonds. The van der Waals surface area contributed by atoms with E-state index in [1.807, 2.05) is 0 Å². The first-order valence-electron chi connectivity index (χ1n) is 6.24. The first-order valence-corrected chi connectivity index (χ1v) is 6.62. The van der Waals surface area contributed by atoms with E-state index in [0.717, 1.165) is 37.9 Å². The molecule has 0 atom stereocenters. The molecule has 0 heterocycles. The Morgan fingerprint density at radius 3 is 2.71 bits per heavy atom. The van der Waals surface area contributed by atoms with Gasteiger partial charge in [0.15, 0.2) is 0 Å². The van der Waals surface area contributed by atoms with E-state index in [2.05, 4.69) is 19.2 Å². The number of hydrogen-bond acceptors (Lipinski definition) is 1. The molecule has 1 aromatic carbocycles. The lowest BCUT2D eigenvalue weighted by Crippen LogP contribution is -2.20. The van der Waals surface area contributed by atoms with Crippen LogP contribution in [0.4, 0.5) is 4.39 Å². The molecule has 0 aliphatic carbocycles. The summed E-state index contributed by atoms with van der Waals surface area (Å²) in [6, 6.07) is 4.63. The third-order valence-electron chi connectivity index (χ3n) is 2.62. The molecule has 1 nitrogen and oxygen atoms in total. The predicted molar refractivity (Wildman–Crippen MR) is 72.1 cm³/mol. The van der Waals surface area contributed by atoms with Gasteiger partial charge in [-0.15, -0.1) is 0 Å². The molecule has 0 radical (unpaired) electrons. The van der Waals surface area contributed by atoms with Crippen LogP contribution in [0.15, 0.2) is 18.2 Å². The lowest BCUT2D eigenvalue weighted by atomic mass is 10.1. The molecule has 0 bridgehead atoms. The molecule has 0 aliphatic heterocycles. The Morgan fingerprint density at radius 1 is 1.29 bits per heavy atom. The average molecular weight is 258 g/mol. The Bertz CT molecular complexity index is 339. The average Bonchev–Trinajstić information content (AvgIpc) is 2.25. The van der Waals surface area contributed by atoms with Crippen molar-refractivity contribution in [2.75, 3.05) is 13.1 Å². The zero-order valence-corrected chi connectivity index (χ0v) is 11.4. The van der Waals surface area contributed by atoms with Gasteiger partial charge in [-0.05, 0) is 56.0 Å². The fourth-order valence-electron chi connectivity index (χ4n) is 1.68. The van der Waals surface area contributed by atoms with Crippen molar-refractivity contribution in [3.63, 3.8) is 0 Å². The Labute approximate surface area is 108 Å². The zero-order valence-electron chi connectivity index (χ0n) is 10.6. The topological polar surface area (TPSA) is 12.0 Å². The van der Waals surface area contributed by atoms with Crippen LogP contribution in [0, 0.1) is 11.7 Å². The highest BCUT2D eigenvalue weighted by Gasteiger charge is 2.01. The normalized spacial score (nSPS) is 11.1.